The Balaban J connectivity index is 1.65. The Labute approximate surface area is 164 Å². The Kier molecular flexibility index (Phi) is 6.04. The first-order valence-electron chi connectivity index (χ1n) is 8.58. The van der Waals surface area contributed by atoms with Crippen LogP contribution in [0.3, 0.4) is 0 Å². The highest BCUT2D eigenvalue weighted by Crippen LogP contribution is 2.25. The van der Waals surface area contributed by atoms with Gasteiger partial charge in [-0.1, -0.05) is 41.9 Å². The van der Waals surface area contributed by atoms with Gasteiger partial charge in [0.1, 0.15) is 10.6 Å². The van der Waals surface area contributed by atoms with Crippen molar-refractivity contribution in [2.75, 3.05) is 33.3 Å². The minimum Gasteiger partial charge on any atom is -0.496 e. The summed E-state index contributed by atoms with van der Waals surface area (Å²) in [6.07, 6.45) is 0.223. The molecule has 0 aliphatic carbocycles. The van der Waals surface area contributed by atoms with E-state index in [4.69, 9.17) is 16.3 Å². The number of halogens is 1. The van der Waals surface area contributed by atoms with Crippen molar-refractivity contribution in [3.8, 4) is 5.75 Å². The van der Waals surface area contributed by atoms with Gasteiger partial charge >= 0.3 is 0 Å². The minimum absolute atomic E-state index is 0.0470. The predicted molar refractivity (Wildman–Crippen MR) is 103 cm³/mol. The molecule has 0 saturated carbocycles. The lowest BCUT2D eigenvalue weighted by Gasteiger charge is -2.34. The van der Waals surface area contributed by atoms with E-state index in [1.54, 1.807) is 30.2 Å². The van der Waals surface area contributed by atoms with Gasteiger partial charge in [0, 0.05) is 31.7 Å². The molecular formula is C19H21ClN2O4S. The highest BCUT2D eigenvalue weighted by molar-refractivity contribution is 7.89. The number of ether oxygens (including phenoxy) is 1. The molecule has 8 heteroatoms. The maximum absolute atomic E-state index is 12.8. The maximum Gasteiger partial charge on any atom is 0.244 e. The van der Waals surface area contributed by atoms with Crippen LogP contribution in [0.5, 0.6) is 5.75 Å². The zero-order valence-electron chi connectivity index (χ0n) is 15.0. The molecule has 0 bridgehead atoms. The van der Waals surface area contributed by atoms with Crippen LogP contribution >= 0.6 is 11.6 Å². The lowest BCUT2D eigenvalue weighted by atomic mass is 10.1. The van der Waals surface area contributed by atoms with Crippen LogP contribution in [0.2, 0.25) is 5.02 Å². The summed E-state index contributed by atoms with van der Waals surface area (Å²) < 4.78 is 32.2. The van der Waals surface area contributed by atoms with Crippen LogP contribution in [0, 0.1) is 0 Å². The van der Waals surface area contributed by atoms with Crippen LogP contribution in [-0.4, -0.2) is 56.8 Å². The SMILES string of the molecule is COc1ccccc1CC(=O)N1CCN(S(=O)(=O)c2ccccc2Cl)CC1. The van der Waals surface area contributed by atoms with Crippen LogP contribution in [0.15, 0.2) is 53.4 Å². The molecule has 3 rings (SSSR count). The molecule has 1 aliphatic heterocycles. The zero-order valence-corrected chi connectivity index (χ0v) is 16.5. The van der Waals surface area contributed by atoms with E-state index in [2.05, 4.69) is 0 Å². The van der Waals surface area contributed by atoms with Crippen molar-refractivity contribution >= 4 is 27.5 Å². The van der Waals surface area contributed by atoms with Gasteiger partial charge in [-0.15, -0.1) is 0 Å². The van der Waals surface area contributed by atoms with Gasteiger partial charge in [-0.2, -0.15) is 4.31 Å². The van der Waals surface area contributed by atoms with Crippen LogP contribution in [0.4, 0.5) is 0 Å². The lowest BCUT2D eigenvalue weighted by Crippen LogP contribution is -2.50. The van der Waals surface area contributed by atoms with E-state index >= 15 is 0 Å². The molecule has 1 fully saturated rings. The largest absolute Gasteiger partial charge is 0.496 e. The summed E-state index contributed by atoms with van der Waals surface area (Å²) in [5.41, 5.74) is 0.816. The van der Waals surface area contributed by atoms with Crippen molar-refractivity contribution in [2.45, 2.75) is 11.3 Å². The number of rotatable bonds is 5. The normalized spacial score (nSPS) is 15.6. The van der Waals surface area contributed by atoms with E-state index in [0.717, 1.165) is 5.56 Å². The number of benzene rings is 2. The van der Waals surface area contributed by atoms with Crippen molar-refractivity contribution in [2.24, 2.45) is 0 Å². The molecule has 2 aromatic carbocycles. The van der Waals surface area contributed by atoms with Crippen molar-refractivity contribution in [1.29, 1.82) is 0 Å². The Bertz CT molecular complexity index is 925. The Morgan fingerprint density at radius 3 is 2.33 bits per heavy atom. The van der Waals surface area contributed by atoms with Gasteiger partial charge in [0.05, 0.1) is 18.6 Å². The van der Waals surface area contributed by atoms with Gasteiger partial charge in [0.2, 0.25) is 15.9 Å². The van der Waals surface area contributed by atoms with E-state index in [9.17, 15) is 13.2 Å². The summed E-state index contributed by atoms with van der Waals surface area (Å²) in [6.45, 7) is 1.17. The molecule has 0 atom stereocenters. The van der Waals surface area contributed by atoms with Gasteiger partial charge < -0.3 is 9.64 Å². The molecule has 0 N–H and O–H groups in total. The van der Waals surface area contributed by atoms with E-state index in [1.165, 1.54) is 10.4 Å². The highest BCUT2D eigenvalue weighted by Gasteiger charge is 2.31. The van der Waals surface area contributed by atoms with Crippen molar-refractivity contribution in [1.82, 2.24) is 9.21 Å². The summed E-state index contributed by atoms with van der Waals surface area (Å²) in [4.78, 5) is 14.4. The van der Waals surface area contributed by atoms with Gasteiger partial charge in [-0.3, -0.25) is 4.79 Å². The molecule has 0 radical (unpaired) electrons. The van der Waals surface area contributed by atoms with Crippen LogP contribution in [0.25, 0.3) is 0 Å². The van der Waals surface area contributed by atoms with Crippen molar-refractivity contribution in [3.63, 3.8) is 0 Å². The monoisotopic (exact) mass is 408 g/mol. The number of methoxy groups -OCH3 is 1. The Hall–Kier alpha value is -2.09. The molecular weight excluding hydrogens is 388 g/mol. The second kappa shape index (κ2) is 8.29. The third-order valence-electron chi connectivity index (χ3n) is 4.58. The molecule has 1 aliphatic rings. The molecule has 2 aromatic rings. The summed E-state index contributed by atoms with van der Waals surface area (Å²) in [5.74, 6) is 0.625. The topological polar surface area (TPSA) is 66.9 Å². The molecule has 1 saturated heterocycles. The van der Waals surface area contributed by atoms with Crippen molar-refractivity contribution in [3.05, 3.63) is 59.1 Å². The standard InChI is InChI=1S/C19H21ClN2O4S/c1-26-17-8-4-2-6-15(17)14-19(23)21-10-12-22(13-11-21)27(24,25)18-9-5-3-7-16(18)20/h2-9H,10-14H2,1H3. The van der Waals surface area contributed by atoms with Gasteiger partial charge in [0.25, 0.3) is 0 Å². The summed E-state index contributed by atoms with van der Waals surface area (Å²) >= 11 is 6.04. The van der Waals surface area contributed by atoms with Crippen LogP contribution in [0.1, 0.15) is 5.56 Å². The lowest BCUT2D eigenvalue weighted by molar-refractivity contribution is -0.131. The van der Waals surface area contributed by atoms with Crippen molar-refractivity contribution < 1.29 is 17.9 Å². The van der Waals surface area contributed by atoms with E-state index < -0.39 is 10.0 Å². The number of sulfonamides is 1. The maximum atomic E-state index is 12.8. The molecule has 1 amide bonds. The number of para-hydroxylation sites is 1. The average Bonchev–Trinajstić information content (AvgIpc) is 2.68. The molecule has 27 heavy (non-hydrogen) atoms. The van der Waals surface area contributed by atoms with E-state index in [0.29, 0.717) is 18.8 Å². The molecule has 0 aromatic heterocycles. The van der Waals surface area contributed by atoms with Crippen LogP contribution < -0.4 is 4.74 Å². The minimum atomic E-state index is -3.67. The number of piperazine rings is 1. The number of carbonyl (C=O) groups is 1. The fraction of sp³-hybridized carbons (Fsp3) is 0.316. The summed E-state index contributed by atoms with van der Waals surface area (Å²) in [5, 5.41) is 0.201. The predicted octanol–water partition coefficient (Wildman–Crippen LogP) is 2.42. The number of amides is 1. The fourth-order valence-corrected chi connectivity index (χ4v) is 5.01. The van der Waals surface area contributed by atoms with Gasteiger partial charge in [-0.05, 0) is 18.2 Å². The Morgan fingerprint density at radius 2 is 1.67 bits per heavy atom. The second-order valence-corrected chi connectivity index (χ2v) is 8.52. The number of hydrogen-bond donors (Lipinski definition) is 0. The quantitative estimate of drug-likeness (QED) is 0.762. The molecule has 6 nitrogen and oxygen atoms in total. The second-order valence-electron chi connectivity index (χ2n) is 6.20. The third-order valence-corrected chi connectivity index (χ3v) is 6.98. The number of carbonyl (C=O) groups excluding carboxylic acids is 1. The van der Waals surface area contributed by atoms with E-state index in [1.807, 2.05) is 24.3 Å². The zero-order chi connectivity index (χ0) is 19.4. The first kappa shape index (κ1) is 19.7. The van der Waals surface area contributed by atoms with Crippen LogP contribution in [-0.2, 0) is 21.2 Å². The fourth-order valence-electron chi connectivity index (χ4n) is 3.09. The van der Waals surface area contributed by atoms with Gasteiger partial charge in [-0.25, -0.2) is 8.42 Å². The van der Waals surface area contributed by atoms with Gasteiger partial charge in [0.15, 0.2) is 0 Å². The van der Waals surface area contributed by atoms with E-state index in [-0.39, 0.29) is 35.3 Å². The first-order valence-corrected chi connectivity index (χ1v) is 10.4. The molecule has 0 spiro atoms. The molecule has 1 heterocycles. The molecule has 144 valence electrons. The third kappa shape index (κ3) is 4.26. The number of nitrogens with zero attached hydrogens (tertiary/aromatic N) is 2. The average molecular weight is 409 g/mol. The Morgan fingerprint density at radius 1 is 1.04 bits per heavy atom. The number of hydrogen-bond acceptors (Lipinski definition) is 4. The first-order chi connectivity index (χ1) is 12.9. The highest BCUT2D eigenvalue weighted by atomic mass is 35.5. The summed E-state index contributed by atoms with van der Waals surface area (Å²) in [6, 6.07) is 13.8. The smallest absolute Gasteiger partial charge is 0.244 e. The summed E-state index contributed by atoms with van der Waals surface area (Å²) in [7, 11) is -2.10. The molecule has 0 unspecified atom stereocenters.